The molecule has 2 rings (SSSR count). The number of para-hydroxylation sites is 2. The highest BCUT2D eigenvalue weighted by Gasteiger charge is 2.14. The highest BCUT2D eigenvalue weighted by atomic mass is 16.3. The van der Waals surface area contributed by atoms with E-state index in [1.54, 1.807) is 0 Å². The highest BCUT2D eigenvalue weighted by molar-refractivity contribution is 5.63. The molecule has 106 valence electrons. The van der Waals surface area contributed by atoms with Gasteiger partial charge >= 0.3 is 0 Å². The van der Waals surface area contributed by atoms with Crippen molar-refractivity contribution in [3.05, 3.63) is 60.7 Å². The number of anilines is 2. The van der Waals surface area contributed by atoms with Crippen LogP contribution >= 0.6 is 0 Å². The second kappa shape index (κ2) is 7.08. The quantitative estimate of drug-likeness (QED) is 0.874. The number of hydrogen-bond acceptors (Lipinski definition) is 3. The van der Waals surface area contributed by atoms with Gasteiger partial charge in [-0.1, -0.05) is 36.4 Å². The van der Waals surface area contributed by atoms with E-state index in [2.05, 4.69) is 29.2 Å². The maximum Gasteiger partial charge on any atom is 0.0845 e. The van der Waals surface area contributed by atoms with Gasteiger partial charge in [-0.2, -0.15) is 0 Å². The van der Waals surface area contributed by atoms with Crippen LogP contribution in [0.4, 0.5) is 11.4 Å². The van der Waals surface area contributed by atoms with Crippen LogP contribution in [0.1, 0.15) is 0 Å². The van der Waals surface area contributed by atoms with Crippen LogP contribution in [0.3, 0.4) is 0 Å². The van der Waals surface area contributed by atoms with Gasteiger partial charge in [0.15, 0.2) is 0 Å². The molecule has 0 unspecified atom stereocenters. The summed E-state index contributed by atoms with van der Waals surface area (Å²) in [5.41, 5.74) is 2.19. The largest absolute Gasteiger partial charge is 0.390 e. The number of hydrogen-bond donors (Lipinski definition) is 1. The fraction of sp³-hybridized carbons (Fsp3) is 0.294. The number of likely N-dealkylation sites (N-methyl/N-ethyl adjacent to an activating group) is 1. The predicted molar refractivity (Wildman–Crippen MR) is 84.5 cm³/mol. The Balaban J connectivity index is 2.21. The zero-order valence-electron chi connectivity index (χ0n) is 12.1. The minimum Gasteiger partial charge on any atom is -0.390 e. The van der Waals surface area contributed by atoms with E-state index in [-0.39, 0.29) is 0 Å². The van der Waals surface area contributed by atoms with E-state index >= 15 is 0 Å². The van der Waals surface area contributed by atoms with Gasteiger partial charge in [-0.3, -0.25) is 0 Å². The number of rotatable bonds is 6. The summed E-state index contributed by atoms with van der Waals surface area (Å²) in [5, 5.41) is 10.2. The smallest absolute Gasteiger partial charge is 0.0845 e. The van der Waals surface area contributed by atoms with Crippen molar-refractivity contribution < 1.29 is 5.11 Å². The maximum absolute atomic E-state index is 10.2. The van der Waals surface area contributed by atoms with Gasteiger partial charge in [0.1, 0.15) is 0 Å². The molecule has 1 N–H and O–H groups in total. The predicted octanol–water partition coefficient (Wildman–Crippen LogP) is 2.75. The Bertz CT molecular complexity index is 459. The molecule has 20 heavy (non-hydrogen) atoms. The van der Waals surface area contributed by atoms with Crippen LogP contribution in [0, 0.1) is 0 Å². The third kappa shape index (κ3) is 4.08. The van der Waals surface area contributed by atoms with E-state index in [0.717, 1.165) is 11.4 Å². The minimum atomic E-state index is -0.398. The third-order valence-corrected chi connectivity index (χ3v) is 3.10. The molecule has 3 nitrogen and oxygen atoms in total. The molecular weight excluding hydrogens is 248 g/mol. The molecule has 0 amide bonds. The molecule has 0 heterocycles. The molecule has 0 aliphatic heterocycles. The first-order chi connectivity index (χ1) is 9.66. The lowest BCUT2D eigenvalue weighted by atomic mass is 10.2. The molecule has 0 aliphatic rings. The maximum atomic E-state index is 10.2. The van der Waals surface area contributed by atoms with Crippen LogP contribution in [0.25, 0.3) is 0 Å². The van der Waals surface area contributed by atoms with E-state index in [0.29, 0.717) is 13.1 Å². The van der Waals surface area contributed by atoms with E-state index in [1.165, 1.54) is 0 Å². The fourth-order valence-corrected chi connectivity index (χ4v) is 2.27. The summed E-state index contributed by atoms with van der Waals surface area (Å²) in [6, 6.07) is 20.3. The highest BCUT2D eigenvalue weighted by Crippen LogP contribution is 2.24. The second-order valence-electron chi connectivity index (χ2n) is 5.20. The second-order valence-corrected chi connectivity index (χ2v) is 5.20. The standard InChI is InChI=1S/C17H22N2O/c1-18(2)13-17(20)14-19(15-9-5-3-6-10-15)16-11-7-4-8-12-16/h3-12,17,20H,13-14H2,1-2H3/t17-/m1/s1. The van der Waals surface area contributed by atoms with Crippen LogP contribution < -0.4 is 4.90 Å². The lowest BCUT2D eigenvalue weighted by Crippen LogP contribution is -2.35. The molecule has 0 radical (unpaired) electrons. The van der Waals surface area contributed by atoms with Crippen molar-refractivity contribution in [3.8, 4) is 0 Å². The Kier molecular flexibility index (Phi) is 5.16. The first kappa shape index (κ1) is 14.6. The summed E-state index contributed by atoms with van der Waals surface area (Å²) in [7, 11) is 3.94. The van der Waals surface area contributed by atoms with Gasteiger partial charge in [-0.15, -0.1) is 0 Å². The molecule has 0 spiro atoms. The molecule has 0 aliphatic carbocycles. The Morgan fingerprint density at radius 2 is 1.25 bits per heavy atom. The summed E-state index contributed by atoms with van der Waals surface area (Å²) >= 11 is 0. The van der Waals surface area contributed by atoms with Crippen LogP contribution in [0.5, 0.6) is 0 Å². The van der Waals surface area contributed by atoms with E-state index < -0.39 is 6.10 Å². The average Bonchev–Trinajstić information content (AvgIpc) is 2.46. The topological polar surface area (TPSA) is 26.7 Å². The molecule has 0 aromatic heterocycles. The molecule has 0 saturated heterocycles. The normalized spacial score (nSPS) is 12.4. The van der Waals surface area contributed by atoms with Crippen LogP contribution in [-0.4, -0.2) is 43.3 Å². The molecule has 2 aromatic rings. The van der Waals surface area contributed by atoms with Gasteiger partial charge in [-0.25, -0.2) is 0 Å². The van der Waals surface area contributed by atoms with E-state index in [4.69, 9.17) is 0 Å². The van der Waals surface area contributed by atoms with Gasteiger partial charge < -0.3 is 14.9 Å². The van der Waals surface area contributed by atoms with Crippen molar-refractivity contribution in [1.29, 1.82) is 0 Å². The van der Waals surface area contributed by atoms with Crippen LogP contribution in [0.2, 0.25) is 0 Å². The van der Waals surface area contributed by atoms with Crippen molar-refractivity contribution in [3.63, 3.8) is 0 Å². The summed E-state index contributed by atoms with van der Waals surface area (Å²) < 4.78 is 0. The van der Waals surface area contributed by atoms with Crippen molar-refractivity contribution in [2.75, 3.05) is 32.1 Å². The van der Waals surface area contributed by atoms with Crippen molar-refractivity contribution in [2.45, 2.75) is 6.10 Å². The van der Waals surface area contributed by atoms with Crippen molar-refractivity contribution in [2.24, 2.45) is 0 Å². The number of benzene rings is 2. The SMILES string of the molecule is CN(C)C[C@@H](O)CN(c1ccccc1)c1ccccc1. The fourth-order valence-electron chi connectivity index (χ4n) is 2.27. The lowest BCUT2D eigenvalue weighted by Gasteiger charge is -2.28. The molecule has 0 fully saturated rings. The Hall–Kier alpha value is -1.84. The molecule has 3 heteroatoms. The Morgan fingerprint density at radius 3 is 1.65 bits per heavy atom. The van der Waals surface area contributed by atoms with Gasteiger partial charge in [0.2, 0.25) is 0 Å². The monoisotopic (exact) mass is 270 g/mol. The molecule has 2 aromatic carbocycles. The van der Waals surface area contributed by atoms with Crippen LogP contribution in [0.15, 0.2) is 60.7 Å². The van der Waals surface area contributed by atoms with Gasteiger partial charge in [0, 0.05) is 17.9 Å². The molecule has 0 saturated carbocycles. The number of nitrogens with zero attached hydrogens (tertiary/aromatic N) is 2. The summed E-state index contributed by atoms with van der Waals surface area (Å²) in [4.78, 5) is 4.15. The van der Waals surface area contributed by atoms with E-state index in [1.807, 2.05) is 55.4 Å². The van der Waals surface area contributed by atoms with E-state index in [9.17, 15) is 5.11 Å². The van der Waals surface area contributed by atoms with Crippen molar-refractivity contribution in [1.82, 2.24) is 4.90 Å². The zero-order chi connectivity index (χ0) is 14.4. The summed E-state index contributed by atoms with van der Waals surface area (Å²) in [5.74, 6) is 0. The zero-order valence-corrected chi connectivity index (χ0v) is 12.1. The summed E-state index contributed by atoms with van der Waals surface area (Å²) in [6.07, 6.45) is -0.398. The van der Waals surface area contributed by atoms with Gasteiger partial charge in [0.05, 0.1) is 12.6 Å². The average molecular weight is 270 g/mol. The van der Waals surface area contributed by atoms with Gasteiger partial charge in [0.25, 0.3) is 0 Å². The lowest BCUT2D eigenvalue weighted by molar-refractivity contribution is 0.144. The number of aliphatic hydroxyl groups excluding tert-OH is 1. The third-order valence-electron chi connectivity index (χ3n) is 3.10. The Labute approximate surface area is 121 Å². The first-order valence-electron chi connectivity index (χ1n) is 6.87. The van der Waals surface area contributed by atoms with Gasteiger partial charge in [-0.05, 0) is 38.4 Å². The van der Waals surface area contributed by atoms with Crippen molar-refractivity contribution >= 4 is 11.4 Å². The number of aliphatic hydroxyl groups is 1. The first-order valence-corrected chi connectivity index (χ1v) is 6.87. The molecular formula is C17H22N2O. The summed E-state index contributed by atoms with van der Waals surface area (Å²) in [6.45, 7) is 1.22. The molecule has 1 atom stereocenters. The molecule has 0 bridgehead atoms. The Morgan fingerprint density at radius 1 is 0.800 bits per heavy atom. The minimum absolute atomic E-state index is 0.398. The van der Waals surface area contributed by atoms with Crippen LogP contribution in [-0.2, 0) is 0 Å².